The van der Waals surface area contributed by atoms with Gasteiger partial charge < -0.3 is 15.4 Å². The molecule has 0 radical (unpaired) electrons. The van der Waals surface area contributed by atoms with E-state index in [1.807, 2.05) is 24.3 Å². The second kappa shape index (κ2) is 7.17. The molecular formula is C14H24N2O. The lowest BCUT2D eigenvalue weighted by atomic mass is 10.1. The van der Waals surface area contributed by atoms with Crippen LogP contribution in [-0.4, -0.2) is 31.6 Å². The minimum Gasteiger partial charge on any atom is -0.492 e. The molecule has 17 heavy (non-hydrogen) atoms. The van der Waals surface area contributed by atoms with Crippen LogP contribution in [0.4, 0.5) is 5.69 Å². The number of nitrogens with two attached hydrogens (primary N) is 1. The molecule has 1 aromatic carbocycles. The average molecular weight is 236 g/mol. The topological polar surface area (TPSA) is 38.5 Å². The van der Waals surface area contributed by atoms with Crippen LogP contribution in [0.2, 0.25) is 0 Å². The molecule has 0 aliphatic carbocycles. The highest BCUT2D eigenvalue weighted by atomic mass is 16.5. The molecule has 2 N–H and O–H groups in total. The van der Waals surface area contributed by atoms with Crippen molar-refractivity contribution in [1.82, 2.24) is 4.90 Å². The molecule has 0 saturated heterocycles. The van der Waals surface area contributed by atoms with Crippen molar-refractivity contribution in [3.63, 3.8) is 0 Å². The first-order chi connectivity index (χ1) is 8.11. The Bertz CT molecular complexity index is 311. The van der Waals surface area contributed by atoms with E-state index in [9.17, 15) is 0 Å². The number of hydrogen-bond acceptors (Lipinski definition) is 3. The van der Waals surface area contributed by atoms with Crippen LogP contribution in [-0.2, 0) is 0 Å². The van der Waals surface area contributed by atoms with E-state index in [4.69, 9.17) is 10.5 Å². The maximum atomic E-state index is 5.65. The third-order valence-corrected chi connectivity index (χ3v) is 2.94. The van der Waals surface area contributed by atoms with Crippen LogP contribution in [0.3, 0.4) is 0 Å². The van der Waals surface area contributed by atoms with Crippen molar-refractivity contribution in [3.8, 4) is 5.75 Å². The molecule has 0 spiro atoms. The minimum absolute atomic E-state index is 0.719. The number of benzene rings is 1. The quantitative estimate of drug-likeness (QED) is 0.740. The Hall–Kier alpha value is -1.22. The van der Waals surface area contributed by atoms with Gasteiger partial charge in [0.15, 0.2) is 0 Å². The predicted molar refractivity (Wildman–Crippen MR) is 73.3 cm³/mol. The van der Waals surface area contributed by atoms with Gasteiger partial charge in [-0.15, -0.1) is 0 Å². The predicted octanol–water partition coefficient (Wildman–Crippen LogP) is 2.63. The van der Waals surface area contributed by atoms with E-state index in [1.165, 1.54) is 6.42 Å². The second-order valence-electron chi connectivity index (χ2n) is 4.69. The maximum Gasteiger partial charge on any atom is 0.119 e. The molecule has 0 aromatic heterocycles. The van der Waals surface area contributed by atoms with Gasteiger partial charge in [-0.25, -0.2) is 0 Å². The standard InChI is InChI=1S/C14H24N2O/c1-4-12(2)11-16(3)9-10-17-14-7-5-13(15)6-8-14/h5-8,12H,4,9-11,15H2,1-3H3. The summed E-state index contributed by atoms with van der Waals surface area (Å²) in [4.78, 5) is 2.31. The van der Waals surface area contributed by atoms with Crippen molar-refractivity contribution in [2.75, 3.05) is 32.5 Å². The molecule has 1 rings (SSSR count). The van der Waals surface area contributed by atoms with Gasteiger partial charge in [-0.1, -0.05) is 20.3 Å². The highest BCUT2D eigenvalue weighted by Crippen LogP contribution is 2.12. The van der Waals surface area contributed by atoms with Crippen LogP contribution >= 0.6 is 0 Å². The molecule has 0 bridgehead atoms. The first kappa shape index (κ1) is 13.8. The van der Waals surface area contributed by atoms with E-state index in [1.54, 1.807) is 0 Å². The van der Waals surface area contributed by atoms with Gasteiger partial charge in [0.1, 0.15) is 12.4 Å². The van der Waals surface area contributed by atoms with Gasteiger partial charge >= 0.3 is 0 Å². The Morgan fingerprint density at radius 1 is 1.29 bits per heavy atom. The molecule has 0 aliphatic rings. The van der Waals surface area contributed by atoms with Gasteiger partial charge in [0, 0.05) is 18.8 Å². The van der Waals surface area contributed by atoms with Crippen molar-refractivity contribution in [2.45, 2.75) is 20.3 Å². The summed E-state index contributed by atoms with van der Waals surface area (Å²) in [5.74, 6) is 1.63. The molecule has 96 valence electrons. The van der Waals surface area contributed by atoms with Gasteiger partial charge in [0.05, 0.1) is 0 Å². The van der Waals surface area contributed by atoms with E-state index in [0.29, 0.717) is 0 Å². The fourth-order valence-corrected chi connectivity index (χ4v) is 1.64. The molecular weight excluding hydrogens is 212 g/mol. The molecule has 0 amide bonds. The minimum atomic E-state index is 0.719. The zero-order valence-electron chi connectivity index (χ0n) is 11.1. The molecule has 0 heterocycles. The molecule has 0 aliphatic heterocycles. The van der Waals surface area contributed by atoms with E-state index in [2.05, 4.69) is 25.8 Å². The first-order valence-corrected chi connectivity index (χ1v) is 6.28. The zero-order valence-corrected chi connectivity index (χ0v) is 11.1. The van der Waals surface area contributed by atoms with Gasteiger partial charge in [-0.2, -0.15) is 0 Å². The number of nitrogen functional groups attached to an aromatic ring is 1. The summed E-state index contributed by atoms with van der Waals surface area (Å²) in [5, 5.41) is 0. The summed E-state index contributed by atoms with van der Waals surface area (Å²) >= 11 is 0. The Balaban J connectivity index is 2.21. The Morgan fingerprint density at radius 3 is 2.53 bits per heavy atom. The first-order valence-electron chi connectivity index (χ1n) is 6.28. The Kier molecular flexibility index (Phi) is 5.84. The lowest BCUT2D eigenvalue weighted by molar-refractivity contribution is 0.217. The summed E-state index contributed by atoms with van der Waals surface area (Å²) in [7, 11) is 2.14. The monoisotopic (exact) mass is 236 g/mol. The summed E-state index contributed by atoms with van der Waals surface area (Å²) in [6.07, 6.45) is 1.23. The third kappa shape index (κ3) is 5.59. The van der Waals surface area contributed by atoms with Crippen LogP contribution in [0, 0.1) is 5.92 Å². The van der Waals surface area contributed by atoms with E-state index < -0.39 is 0 Å². The number of likely N-dealkylation sites (N-methyl/N-ethyl adjacent to an activating group) is 1. The fraction of sp³-hybridized carbons (Fsp3) is 0.571. The zero-order chi connectivity index (χ0) is 12.7. The highest BCUT2D eigenvalue weighted by Gasteiger charge is 2.04. The maximum absolute atomic E-state index is 5.65. The summed E-state index contributed by atoms with van der Waals surface area (Å²) in [6.45, 7) is 7.30. The van der Waals surface area contributed by atoms with Crippen molar-refractivity contribution < 1.29 is 4.74 Å². The van der Waals surface area contributed by atoms with Gasteiger partial charge in [0.2, 0.25) is 0 Å². The Labute approximate surface area is 105 Å². The summed E-state index contributed by atoms with van der Waals surface area (Å²) < 4.78 is 5.65. The van der Waals surface area contributed by atoms with Crippen LogP contribution in [0.5, 0.6) is 5.75 Å². The van der Waals surface area contributed by atoms with Crippen molar-refractivity contribution in [3.05, 3.63) is 24.3 Å². The average Bonchev–Trinajstić information content (AvgIpc) is 2.31. The van der Waals surface area contributed by atoms with Crippen LogP contribution in [0.25, 0.3) is 0 Å². The highest BCUT2D eigenvalue weighted by molar-refractivity contribution is 5.41. The van der Waals surface area contributed by atoms with Crippen LogP contribution in [0.1, 0.15) is 20.3 Å². The number of ether oxygens (including phenoxy) is 1. The Morgan fingerprint density at radius 2 is 1.94 bits per heavy atom. The molecule has 3 nitrogen and oxygen atoms in total. The fourth-order valence-electron chi connectivity index (χ4n) is 1.64. The van der Waals surface area contributed by atoms with Crippen molar-refractivity contribution in [2.24, 2.45) is 5.92 Å². The van der Waals surface area contributed by atoms with E-state index in [0.717, 1.165) is 37.1 Å². The SMILES string of the molecule is CCC(C)CN(C)CCOc1ccc(N)cc1. The van der Waals surface area contributed by atoms with Gasteiger partial charge in [0.25, 0.3) is 0 Å². The van der Waals surface area contributed by atoms with Gasteiger partial charge in [-0.3, -0.25) is 0 Å². The summed E-state index contributed by atoms with van der Waals surface area (Å²) in [6, 6.07) is 7.53. The van der Waals surface area contributed by atoms with Crippen molar-refractivity contribution >= 4 is 5.69 Å². The lowest BCUT2D eigenvalue weighted by Gasteiger charge is -2.20. The smallest absolute Gasteiger partial charge is 0.119 e. The van der Waals surface area contributed by atoms with E-state index in [-0.39, 0.29) is 0 Å². The molecule has 0 fully saturated rings. The van der Waals surface area contributed by atoms with E-state index >= 15 is 0 Å². The summed E-state index contributed by atoms with van der Waals surface area (Å²) in [5.41, 5.74) is 6.38. The molecule has 0 saturated carbocycles. The molecule has 3 heteroatoms. The largest absolute Gasteiger partial charge is 0.492 e. The second-order valence-corrected chi connectivity index (χ2v) is 4.69. The van der Waals surface area contributed by atoms with Crippen LogP contribution < -0.4 is 10.5 Å². The van der Waals surface area contributed by atoms with Crippen molar-refractivity contribution in [1.29, 1.82) is 0 Å². The van der Waals surface area contributed by atoms with Crippen LogP contribution in [0.15, 0.2) is 24.3 Å². The normalized spacial score (nSPS) is 12.7. The molecule has 1 atom stereocenters. The molecule has 1 unspecified atom stereocenters. The lowest BCUT2D eigenvalue weighted by Crippen LogP contribution is -2.28. The number of hydrogen-bond donors (Lipinski definition) is 1. The van der Waals surface area contributed by atoms with Gasteiger partial charge in [-0.05, 0) is 37.2 Å². The number of anilines is 1. The molecule has 1 aromatic rings. The third-order valence-electron chi connectivity index (χ3n) is 2.94. The number of rotatable bonds is 7. The number of nitrogens with zero attached hydrogens (tertiary/aromatic N) is 1.